The second-order valence-electron chi connectivity index (χ2n) is 7.64. The molecule has 0 aliphatic carbocycles. The predicted molar refractivity (Wildman–Crippen MR) is 109 cm³/mol. The molecule has 1 amide bonds. The number of nitrogens with zero attached hydrogens (tertiary/aromatic N) is 1. The van der Waals surface area contributed by atoms with Crippen molar-refractivity contribution in [3.05, 3.63) is 83.8 Å². The molecule has 30 heavy (non-hydrogen) atoms. The molecule has 7 heteroatoms. The van der Waals surface area contributed by atoms with Gasteiger partial charge < -0.3 is 19.2 Å². The van der Waals surface area contributed by atoms with Crippen LogP contribution in [0.2, 0.25) is 0 Å². The molecule has 4 unspecified atom stereocenters. The summed E-state index contributed by atoms with van der Waals surface area (Å²) in [6.45, 7) is 0.380. The van der Waals surface area contributed by atoms with Crippen LogP contribution < -0.4 is 15.6 Å². The van der Waals surface area contributed by atoms with Gasteiger partial charge in [0.15, 0.2) is 0 Å². The summed E-state index contributed by atoms with van der Waals surface area (Å²) in [5, 5.41) is 10.5. The van der Waals surface area contributed by atoms with Gasteiger partial charge >= 0.3 is 0 Å². The average molecular weight is 405 g/mol. The summed E-state index contributed by atoms with van der Waals surface area (Å²) >= 11 is 0. The number of rotatable bonds is 5. The minimum atomic E-state index is -0.406. The molecule has 3 aromatic rings. The van der Waals surface area contributed by atoms with Gasteiger partial charge in [0.2, 0.25) is 5.91 Å². The van der Waals surface area contributed by atoms with Gasteiger partial charge in [-0.2, -0.15) is 0 Å². The Bertz CT molecular complexity index is 1030. The van der Waals surface area contributed by atoms with Crippen molar-refractivity contribution in [1.82, 2.24) is 15.8 Å². The number of nitrogens with one attached hydrogen (secondary N) is 2. The summed E-state index contributed by atoms with van der Waals surface area (Å²) < 4.78 is 10.8. The summed E-state index contributed by atoms with van der Waals surface area (Å²) in [7, 11) is 1.63. The van der Waals surface area contributed by atoms with E-state index >= 15 is 0 Å². The molecule has 0 saturated carbocycles. The number of phenolic OH excluding ortho intramolecular Hbond substituents is 1. The fourth-order valence-electron chi connectivity index (χ4n) is 4.66. The first kappa shape index (κ1) is 18.7. The van der Waals surface area contributed by atoms with Crippen molar-refractivity contribution >= 4 is 5.91 Å². The van der Waals surface area contributed by atoms with Gasteiger partial charge in [0.1, 0.15) is 23.3 Å². The number of aromatic hydroxyl groups is 1. The Balaban J connectivity index is 1.57. The van der Waals surface area contributed by atoms with Gasteiger partial charge in [0, 0.05) is 11.5 Å². The van der Waals surface area contributed by atoms with Crippen molar-refractivity contribution in [1.29, 1.82) is 0 Å². The van der Waals surface area contributed by atoms with E-state index in [1.165, 1.54) is 0 Å². The molecule has 2 aliphatic heterocycles. The van der Waals surface area contributed by atoms with Crippen molar-refractivity contribution < 1.29 is 19.1 Å². The van der Waals surface area contributed by atoms with Gasteiger partial charge in [0.25, 0.3) is 0 Å². The molecule has 1 aromatic heterocycles. The number of fused-ring (bicyclic) bond motifs is 1. The highest BCUT2D eigenvalue weighted by Crippen LogP contribution is 2.49. The third kappa shape index (κ3) is 3.03. The minimum absolute atomic E-state index is 0.00244. The summed E-state index contributed by atoms with van der Waals surface area (Å²) in [6, 6.07) is 17.9. The van der Waals surface area contributed by atoms with Gasteiger partial charge in [-0.1, -0.05) is 30.3 Å². The number of carbonyl (C=O) groups excluding carboxylic acids is 1. The fourth-order valence-corrected chi connectivity index (χ4v) is 4.66. The maximum atomic E-state index is 13.4. The van der Waals surface area contributed by atoms with Crippen LogP contribution in [0.25, 0.3) is 0 Å². The van der Waals surface area contributed by atoms with Gasteiger partial charge in [0.05, 0.1) is 32.0 Å². The molecule has 0 radical (unpaired) electrons. The third-order valence-electron chi connectivity index (χ3n) is 6.05. The second kappa shape index (κ2) is 7.51. The summed E-state index contributed by atoms with van der Waals surface area (Å²) in [5.41, 5.74) is 8.19. The standard InChI is InChI=1S/C23H23N3O4/c1-29-15-10-8-14(9-11-15)22-19-20(17-6-2-3-7-18(17)27)24-25-21(19)23(28)26(22)13-16-5-4-12-30-16/h2-12,19-22,24-25,27H,13H2,1H3. The molecule has 154 valence electrons. The number of para-hydroxylation sites is 1. The van der Waals surface area contributed by atoms with Crippen LogP contribution in [0.15, 0.2) is 71.3 Å². The highest BCUT2D eigenvalue weighted by molar-refractivity contribution is 5.86. The number of carbonyl (C=O) groups is 1. The Kier molecular flexibility index (Phi) is 4.69. The highest BCUT2D eigenvalue weighted by Gasteiger charge is 2.55. The van der Waals surface area contributed by atoms with Crippen LogP contribution in [0.3, 0.4) is 0 Å². The Morgan fingerprint density at radius 2 is 1.80 bits per heavy atom. The topological polar surface area (TPSA) is 87.0 Å². The molecular weight excluding hydrogens is 382 g/mol. The maximum absolute atomic E-state index is 13.4. The largest absolute Gasteiger partial charge is 0.508 e. The summed E-state index contributed by atoms with van der Waals surface area (Å²) in [6.07, 6.45) is 1.61. The Morgan fingerprint density at radius 3 is 2.50 bits per heavy atom. The zero-order valence-corrected chi connectivity index (χ0v) is 16.5. The quantitative estimate of drug-likeness (QED) is 0.605. The maximum Gasteiger partial charge on any atom is 0.242 e. The van der Waals surface area contributed by atoms with Crippen LogP contribution in [-0.4, -0.2) is 29.1 Å². The Hall–Kier alpha value is -3.29. The van der Waals surface area contributed by atoms with E-state index in [9.17, 15) is 9.90 Å². The van der Waals surface area contributed by atoms with E-state index in [0.29, 0.717) is 6.54 Å². The Morgan fingerprint density at radius 1 is 1.03 bits per heavy atom. The molecule has 3 N–H and O–H groups in total. The zero-order chi connectivity index (χ0) is 20.7. The zero-order valence-electron chi connectivity index (χ0n) is 16.5. The third-order valence-corrected chi connectivity index (χ3v) is 6.05. The van der Waals surface area contributed by atoms with E-state index in [-0.39, 0.29) is 29.7 Å². The smallest absolute Gasteiger partial charge is 0.242 e. The lowest BCUT2D eigenvalue weighted by molar-refractivity contribution is -0.131. The predicted octanol–water partition coefficient (Wildman–Crippen LogP) is 2.91. The number of likely N-dealkylation sites (tertiary alicyclic amines) is 1. The number of hydrogen-bond donors (Lipinski definition) is 3. The van der Waals surface area contributed by atoms with Crippen LogP contribution in [0, 0.1) is 5.92 Å². The molecule has 0 spiro atoms. The van der Waals surface area contributed by atoms with Gasteiger partial charge in [-0.05, 0) is 35.9 Å². The summed E-state index contributed by atoms with van der Waals surface area (Å²) in [4.78, 5) is 15.2. The van der Waals surface area contributed by atoms with Gasteiger partial charge in [-0.3, -0.25) is 4.79 Å². The van der Waals surface area contributed by atoms with E-state index in [1.54, 1.807) is 25.5 Å². The van der Waals surface area contributed by atoms with E-state index in [2.05, 4.69) is 10.9 Å². The van der Waals surface area contributed by atoms with Gasteiger partial charge in [-0.15, -0.1) is 0 Å². The fraction of sp³-hybridized carbons (Fsp3) is 0.261. The molecule has 3 heterocycles. The van der Waals surface area contributed by atoms with E-state index in [0.717, 1.165) is 22.6 Å². The van der Waals surface area contributed by atoms with Crippen molar-refractivity contribution in [2.75, 3.05) is 7.11 Å². The number of methoxy groups -OCH3 is 1. The van der Waals surface area contributed by atoms with Crippen molar-refractivity contribution in [3.63, 3.8) is 0 Å². The van der Waals surface area contributed by atoms with E-state index < -0.39 is 6.04 Å². The summed E-state index contributed by atoms with van der Waals surface area (Å²) in [5.74, 6) is 1.59. The van der Waals surface area contributed by atoms with E-state index in [1.807, 2.05) is 53.4 Å². The lowest BCUT2D eigenvalue weighted by Gasteiger charge is -2.31. The van der Waals surface area contributed by atoms with Gasteiger partial charge in [-0.25, -0.2) is 10.9 Å². The van der Waals surface area contributed by atoms with Crippen LogP contribution >= 0.6 is 0 Å². The first-order chi connectivity index (χ1) is 14.7. The lowest BCUT2D eigenvalue weighted by Crippen LogP contribution is -2.41. The monoisotopic (exact) mass is 405 g/mol. The first-order valence-electron chi connectivity index (χ1n) is 9.93. The Labute approximate surface area is 174 Å². The van der Waals surface area contributed by atoms with Crippen LogP contribution in [0.4, 0.5) is 0 Å². The average Bonchev–Trinajstić information content (AvgIpc) is 3.49. The number of hydrogen-bond acceptors (Lipinski definition) is 6. The SMILES string of the molecule is COc1ccc(C2C3C(NNC3c3ccccc3O)C(=O)N2Cc2ccco2)cc1. The number of amides is 1. The first-order valence-corrected chi connectivity index (χ1v) is 9.93. The molecule has 2 saturated heterocycles. The molecule has 2 aliphatic rings. The van der Waals surface area contributed by atoms with Crippen LogP contribution in [0.5, 0.6) is 11.5 Å². The van der Waals surface area contributed by atoms with E-state index in [4.69, 9.17) is 9.15 Å². The number of hydrazine groups is 1. The van der Waals surface area contributed by atoms with Crippen molar-refractivity contribution in [2.24, 2.45) is 5.92 Å². The minimum Gasteiger partial charge on any atom is -0.508 e. The number of ether oxygens (including phenoxy) is 1. The molecule has 0 bridgehead atoms. The normalized spacial score (nSPS) is 25.5. The van der Waals surface area contributed by atoms with Crippen LogP contribution in [0.1, 0.15) is 29.0 Å². The molecular formula is C23H23N3O4. The number of benzene rings is 2. The molecule has 2 aromatic carbocycles. The van der Waals surface area contributed by atoms with Crippen molar-refractivity contribution in [3.8, 4) is 11.5 Å². The van der Waals surface area contributed by atoms with Crippen LogP contribution in [-0.2, 0) is 11.3 Å². The molecule has 5 rings (SSSR count). The molecule has 2 fully saturated rings. The second-order valence-corrected chi connectivity index (χ2v) is 7.64. The number of phenols is 1. The highest BCUT2D eigenvalue weighted by atomic mass is 16.5. The molecule has 7 nitrogen and oxygen atoms in total. The lowest BCUT2D eigenvalue weighted by atomic mass is 9.83. The number of furan rings is 1. The van der Waals surface area contributed by atoms with Crippen molar-refractivity contribution in [2.45, 2.75) is 24.7 Å². The molecule has 4 atom stereocenters.